The molecule has 1 fully saturated rings. The second-order valence-electron chi connectivity index (χ2n) is 6.12. The van der Waals surface area contributed by atoms with Gasteiger partial charge in [0, 0.05) is 4.88 Å². The van der Waals surface area contributed by atoms with Crippen molar-refractivity contribution in [2.24, 2.45) is 5.92 Å². The monoisotopic (exact) mass is 308 g/mol. The molecule has 0 aliphatic heterocycles. The molecule has 0 bridgehead atoms. The normalized spacial score (nSPS) is 23.8. The predicted octanol–water partition coefficient (Wildman–Crippen LogP) is 2.68. The molecule has 3 N–H and O–H groups in total. The van der Waals surface area contributed by atoms with Gasteiger partial charge in [0.15, 0.2) is 0 Å². The number of hydrogen-bond donors (Lipinski definition) is 3. The summed E-state index contributed by atoms with van der Waals surface area (Å²) in [4.78, 5) is 25.0. The fraction of sp³-hybridized carbons (Fsp3) is 0.600. The average molecular weight is 308 g/mol. The number of nitrogens with one attached hydrogen (secondary N) is 2. The van der Waals surface area contributed by atoms with E-state index in [1.165, 1.54) is 10.4 Å². The molecule has 1 heterocycles. The number of aliphatic carboxylic acids is 1. The molecular formula is C15H20N2O3S. The molecule has 2 unspecified atom stereocenters. The van der Waals surface area contributed by atoms with Gasteiger partial charge in [-0.05, 0) is 62.0 Å². The first-order valence-corrected chi connectivity index (χ1v) is 8.27. The molecule has 2 amide bonds. The lowest BCUT2D eigenvalue weighted by molar-refractivity contribution is -0.144. The van der Waals surface area contributed by atoms with Gasteiger partial charge in [0.05, 0.1) is 6.04 Å². The Morgan fingerprint density at radius 3 is 2.81 bits per heavy atom. The molecule has 1 aromatic heterocycles. The maximum atomic E-state index is 12.2. The minimum atomic E-state index is -1.16. The van der Waals surface area contributed by atoms with Crippen molar-refractivity contribution in [2.75, 3.05) is 0 Å². The van der Waals surface area contributed by atoms with Crippen LogP contribution in [0, 0.1) is 5.92 Å². The van der Waals surface area contributed by atoms with E-state index in [4.69, 9.17) is 0 Å². The summed E-state index contributed by atoms with van der Waals surface area (Å²) in [6.07, 6.45) is 4.76. The maximum absolute atomic E-state index is 12.2. The van der Waals surface area contributed by atoms with Crippen molar-refractivity contribution in [1.29, 1.82) is 0 Å². The highest BCUT2D eigenvalue weighted by atomic mass is 32.1. The molecule has 0 saturated heterocycles. The summed E-state index contributed by atoms with van der Waals surface area (Å²) in [5.41, 5.74) is 0.0285. The second kappa shape index (κ2) is 5.33. The number of thiophene rings is 1. The van der Waals surface area contributed by atoms with E-state index >= 15 is 0 Å². The largest absolute Gasteiger partial charge is 0.480 e. The Morgan fingerprint density at radius 1 is 1.38 bits per heavy atom. The van der Waals surface area contributed by atoms with Crippen LogP contribution in [-0.4, -0.2) is 22.6 Å². The SMILES string of the molecule is CC(NC(=O)NC1CCCc2sccc21)(C(=O)O)C1CC1. The van der Waals surface area contributed by atoms with Crippen LogP contribution in [0.5, 0.6) is 0 Å². The first-order chi connectivity index (χ1) is 10.0. The fourth-order valence-electron chi connectivity index (χ4n) is 3.06. The number of fused-ring (bicyclic) bond motifs is 1. The Labute approximate surface area is 127 Å². The van der Waals surface area contributed by atoms with E-state index in [-0.39, 0.29) is 18.0 Å². The topological polar surface area (TPSA) is 78.4 Å². The summed E-state index contributed by atoms with van der Waals surface area (Å²) in [6.45, 7) is 1.60. The Hall–Kier alpha value is -1.56. The van der Waals surface area contributed by atoms with Gasteiger partial charge in [-0.1, -0.05) is 0 Å². The van der Waals surface area contributed by atoms with Crippen LogP contribution in [0.4, 0.5) is 4.79 Å². The summed E-state index contributed by atoms with van der Waals surface area (Å²) < 4.78 is 0. The zero-order chi connectivity index (χ0) is 15.0. The highest BCUT2D eigenvalue weighted by Crippen LogP contribution is 2.40. The van der Waals surface area contributed by atoms with Gasteiger partial charge >= 0.3 is 12.0 Å². The van der Waals surface area contributed by atoms with E-state index in [1.807, 2.05) is 5.38 Å². The van der Waals surface area contributed by atoms with Crippen molar-refractivity contribution in [1.82, 2.24) is 10.6 Å². The van der Waals surface area contributed by atoms with Crippen LogP contribution in [0.15, 0.2) is 11.4 Å². The van der Waals surface area contributed by atoms with Crippen molar-refractivity contribution in [3.8, 4) is 0 Å². The molecule has 1 saturated carbocycles. The number of hydrogen-bond acceptors (Lipinski definition) is 3. The second-order valence-corrected chi connectivity index (χ2v) is 7.12. The highest BCUT2D eigenvalue weighted by Gasteiger charge is 2.48. The quantitative estimate of drug-likeness (QED) is 0.800. The van der Waals surface area contributed by atoms with Crippen LogP contribution in [0.3, 0.4) is 0 Å². The molecule has 1 aromatic rings. The van der Waals surface area contributed by atoms with Gasteiger partial charge in [-0.15, -0.1) is 11.3 Å². The lowest BCUT2D eigenvalue weighted by Crippen LogP contribution is -2.57. The molecule has 2 atom stereocenters. The maximum Gasteiger partial charge on any atom is 0.329 e. The molecule has 0 aromatic carbocycles. The smallest absolute Gasteiger partial charge is 0.329 e. The van der Waals surface area contributed by atoms with Gasteiger partial charge in [-0.2, -0.15) is 0 Å². The van der Waals surface area contributed by atoms with E-state index in [2.05, 4.69) is 16.7 Å². The summed E-state index contributed by atoms with van der Waals surface area (Å²) in [5, 5.41) is 17.1. The molecule has 6 heteroatoms. The Morgan fingerprint density at radius 2 is 2.14 bits per heavy atom. The summed E-state index contributed by atoms with van der Waals surface area (Å²) in [5.74, 6) is -0.913. The average Bonchev–Trinajstić information content (AvgIpc) is 3.17. The van der Waals surface area contributed by atoms with Gasteiger partial charge in [-0.3, -0.25) is 0 Å². The van der Waals surface area contributed by atoms with Gasteiger partial charge < -0.3 is 15.7 Å². The van der Waals surface area contributed by atoms with E-state index < -0.39 is 11.5 Å². The zero-order valence-corrected chi connectivity index (χ0v) is 12.8. The molecular weight excluding hydrogens is 288 g/mol. The summed E-state index contributed by atoms with van der Waals surface area (Å²) in [6, 6.07) is 1.68. The molecule has 114 valence electrons. The fourth-order valence-corrected chi connectivity index (χ4v) is 4.04. The number of urea groups is 1. The molecule has 3 rings (SSSR count). The van der Waals surface area contributed by atoms with Crippen molar-refractivity contribution >= 4 is 23.3 Å². The third-order valence-electron chi connectivity index (χ3n) is 4.57. The molecule has 0 spiro atoms. The van der Waals surface area contributed by atoms with E-state index in [9.17, 15) is 14.7 Å². The number of carboxylic acid groups (broad SMARTS) is 1. The van der Waals surface area contributed by atoms with Crippen molar-refractivity contribution in [3.63, 3.8) is 0 Å². The highest BCUT2D eigenvalue weighted by molar-refractivity contribution is 7.10. The first kappa shape index (κ1) is 14.4. The third kappa shape index (κ3) is 2.77. The van der Waals surface area contributed by atoms with Crippen LogP contribution in [0.25, 0.3) is 0 Å². The number of carboxylic acids is 1. The molecule has 2 aliphatic rings. The van der Waals surface area contributed by atoms with Crippen LogP contribution >= 0.6 is 11.3 Å². The lowest BCUT2D eigenvalue weighted by atomic mass is 9.94. The predicted molar refractivity (Wildman–Crippen MR) is 80.4 cm³/mol. The van der Waals surface area contributed by atoms with Crippen LogP contribution in [-0.2, 0) is 11.2 Å². The van der Waals surface area contributed by atoms with Crippen LogP contribution in [0.2, 0.25) is 0 Å². The lowest BCUT2D eigenvalue weighted by Gasteiger charge is -2.29. The first-order valence-electron chi connectivity index (χ1n) is 7.39. The van der Waals surface area contributed by atoms with Crippen molar-refractivity contribution in [2.45, 2.75) is 50.6 Å². The number of carbonyl (C=O) groups is 2. The summed E-state index contributed by atoms with van der Waals surface area (Å²) in [7, 11) is 0. The minimum Gasteiger partial charge on any atom is -0.480 e. The Balaban J connectivity index is 1.66. The zero-order valence-electron chi connectivity index (χ0n) is 12.0. The van der Waals surface area contributed by atoms with Gasteiger partial charge in [0.1, 0.15) is 5.54 Å². The Bertz CT molecular complexity index is 567. The standard InChI is InChI=1S/C15H20N2O3S/c1-15(13(18)19,9-5-6-9)17-14(20)16-11-3-2-4-12-10(11)7-8-21-12/h7-9,11H,2-6H2,1H3,(H,18,19)(H2,16,17,20). The van der Waals surface area contributed by atoms with Gasteiger partial charge in [0.2, 0.25) is 0 Å². The molecule has 2 aliphatic carbocycles. The third-order valence-corrected chi connectivity index (χ3v) is 5.57. The molecule has 21 heavy (non-hydrogen) atoms. The van der Waals surface area contributed by atoms with E-state index in [1.54, 1.807) is 18.3 Å². The van der Waals surface area contributed by atoms with E-state index in [0.29, 0.717) is 0 Å². The minimum absolute atomic E-state index is 0.00255. The molecule has 0 radical (unpaired) electrons. The molecule has 5 nitrogen and oxygen atoms in total. The van der Waals surface area contributed by atoms with Crippen molar-refractivity contribution < 1.29 is 14.7 Å². The number of rotatable bonds is 4. The number of aryl methyl sites for hydroxylation is 1. The van der Waals surface area contributed by atoms with Crippen molar-refractivity contribution in [3.05, 3.63) is 21.9 Å². The van der Waals surface area contributed by atoms with Gasteiger partial charge in [-0.25, -0.2) is 9.59 Å². The van der Waals surface area contributed by atoms with Crippen LogP contribution in [0.1, 0.15) is 49.1 Å². The Kier molecular flexibility index (Phi) is 3.65. The van der Waals surface area contributed by atoms with Crippen LogP contribution < -0.4 is 10.6 Å². The number of amides is 2. The number of carbonyl (C=O) groups excluding carboxylic acids is 1. The van der Waals surface area contributed by atoms with E-state index in [0.717, 1.165) is 32.1 Å². The van der Waals surface area contributed by atoms with Gasteiger partial charge in [0.25, 0.3) is 0 Å². The summed E-state index contributed by atoms with van der Waals surface area (Å²) >= 11 is 1.72.